The van der Waals surface area contributed by atoms with Gasteiger partial charge in [-0.3, -0.25) is 0 Å². The summed E-state index contributed by atoms with van der Waals surface area (Å²) in [5, 5.41) is 6.46. The predicted molar refractivity (Wildman–Crippen MR) is 77.5 cm³/mol. The molecule has 2 heterocycles. The lowest BCUT2D eigenvalue weighted by Crippen LogP contribution is -2.58. The Kier molecular flexibility index (Phi) is 3.14. The number of nitrogens with zero attached hydrogens (tertiary/aromatic N) is 1. The van der Waals surface area contributed by atoms with Crippen molar-refractivity contribution in [1.82, 2.24) is 4.31 Å². The first-order chi connectivity index (χ1) is 9.30. The number of rotatable bonds is 3. The molecule has 2 aromatic rings. The number of sulfonamides is 2. The maximum absolute atomic E-state index is 12.5. The molecule has 108 valence electrons. The summed E-state index contributed by atoms with van der Waals surface area (Å²) in [6, 6.07) is 7.21. The van der Waals surface area contributed by atoms with Crippen molar-refractivity contribution in [2.45, 2.75) is 10.1 Å². The van der Waals surface area contributed by atoms with E-state index in [1.807, 2.05) is 12.1 Å². The number of benzene rings is 1. The van der Waals surface area contributed by atoms with E-state index in [2.05, 4.69) is 0 Å². The second kappa shape index (κ2) is 4.50. The van der Waals surface area contributed by atoms with E-state index in [1.54, 1.807) is 17.5 Å². The lowest BCUT2D eigenvalue weighted by molar-refractivity contribution is 0.310. The van der Waals surface area contributed by atoms with Crippen molar-refractivity contribution in [2.24, 2.45) is 5.14 Å². The summed E-state index contributed by atoms with van der Waals surface area (Å²) in [5.74, 6) is 0. The Balaban J connectivity index is 1.95. The Bertz CT molecular complexity index is 864. The molecule has 1 fully saturated rings. The minimum absolute atomic E-state index is 0.0780. The van der Waals surface area contributed by atoms with Crippen LogP contribution in [-0.4, -0.2) is 39.5 Å². The van der Waals surface area contributed by atoms with Crippen molar-refractivity contribution in [1.29, 1.82) is 0 Å². The summed E-state index contributed by atoms with van der Waals surface area (Å²) in [5.41, 5.74) is 0. The van der Waals surface area contributed by atoms with E-state index in [0.717, 1.165) is 9.01 Å². The highest BCUT2D eigenvalue weighted by atomic mass is 32.2. The van der Waals surface area contributed by atoms with E-state index in [9.17, 15) is 16.8 Å². The maximum atomic E-state index is 12.5. The van der Waals surface area contributed by atoms with E-state index >= 15 is 0 Å². The van der Waals surface area contributed by atoms with Gasteiger partial charge >= 0.3 is 0 Å². The predicted octanol–water partition coefficient (Wildman–Crippen LogP) is 0.563. The van der Waals surface area contributed by atoms with Gasteiger partial charge in [0.05, 0.1) is 0 Å². The number of thiophene rings is 1. The molecule has 1 saturated heterocycles. The fourth-order valence-electron chi connectivity index (χ4n) is 2.10. The summed E-state index contributed by atoms with van der Waals surface area (Å²) in [4.78, 5) is 0.228. The third kappa shape index (κ3) is 2.15. The Morgan fingerprint density at radius 2 is 1.80 bits per heavy atom. The molecule has 1 aliphatic rings. The largest absolute Gasteiger partial charge is 0.244 e. The fourth-order valence-corrected chi connectivity index (χ4v) is 6.07. The number of primary sulfonamides is 1. The average Bonchev–Trinajstić information content (AvgIpc) is 2.68. The number of nitrogens with two attached hydrogens (primary N) is 1. The van der Waals surface area contributed by atoms with Gasteiger partial charge in [0.1, 0.15) is 10.1 Å². The molecule has 9 heteroatoms. The topological polar surface area (TPSA) is 97.5 Å². The minimum Gasteiger partial charge on any atom is -0.228 e. The van der Waals surface area contributed by atoms with Crippen molar-refractivity contribution in [3.8, 4) is 0 Å². The molecule has 0 saturated carbocycles. The van der Waals surface area contributed by atoms with Crippen LogP contribution in [0.2, 0.25) is 0 Å². The fraction of sp³-hybridized carbons (Fsp3) is 0.273. The zero-order valence-electron chi connectivity index (χ0n) is 10.3. The monoisotopic (exact) mass is 332 g/mol. The van der Waals surface area contributed by atoms with E-state index in [1.165, 1.54) is 11.3 Å². The lowest BCUT2D eigenvalue weighted by atomic mass is 10.3. The van der Waals surface area contributed by atoms with Crippen LogP contribution < -0.4 is 5.14 Å². The Morgan fingerprint density at radius 3 is 2.45 bits per heavy atom. The number of fused-ring (bicyclic) bond motifs is 1. The first-order valence-electron chi connectivity index (χ1n) is 5.78. The van der Waals surface area contributed by atoms with Crippen molar-refractivity contribution >= 4 is 41.5 Å². The average molecular weight is 332 g/mol. The highest BCUT2D eigenvalue weighted by Gasteiger charge is 2.42. The van der Waals surface area contributed by atoms with Gasteiger partial charge in [0.2, 0.25) is 20.0 Å². The molecule has 1 aromatic heterocycles. The maximum Gasteiger partial charge on any atom is 0.244 e. The van der Waals surface area contributed by atoms with Gasteiger partial charge in [-0.05, 0) is 6.07 Å². The summed E-state index contributed by atoms with van der Waals surface area (Å²) < 4.78 is 49.2. The zero-order valence-corrected chi connectivity index (χ0v) is 12.7. The number of hydrogen-bond donors (Lipinski definition) is 1. The molecule has 0 amide bonds. The van der Waals surface area contributed by atoms with Gasteiger partial charge in [-0.25, -0.2) is 22.0 Å². The van der Waals surface area contributed by atoms with Crippen LogP contribution in [0.25, 0.3) is 10.1 Å². The van der Waals surface area contributed by atoms with Gasteiger partial charge < -0.3 is 0 Å². The molecule has 20 heavy (non-hydrogen) atoms. The SMILES string of the molecule is NS(=O)(=O)C1CN(S(=O)(=O)c2csc3ccccc23)C1. The third-order valence-corrected chi connectivity index (χ3v) is 7.55. The molecule has 3 rings (SSSR count). The highest BCUT2D eigenvalue weighted by Crippen LogP contribution is 2.33. The van der Waals surface area contributed by atoms with Crippen molar-refractivity contribution < 1.29 is 16.8 Å². The summed E-state index contributed by atoms with van der Waals surface area (Å²) >= 11 is 1.35. The van der Waals surface area contributed by atoms with Gasteiger partial charge in [-0.1, -0.05) is 18.2 Å². The standard InChI is InChI=1S/C11H12N2O4S3/c12-19(14,15)8-5-13(6-8)20(16,17)11-7-18-10-4-2-1-3-9(10)11/h1-4,7-8H,5-6H2,(H2,12,14,15). The van der Waals surface area contributed by atoms with E-state index in [0.29, 0.717) is 5.39 Å². The molecule has 0 spiro atoms. The molecule has 2 N–H and O–H groups in total. The summed E-state index contributed by atoms with van der Waals surface area (Å²) in [6.07, 6.45) is 0. The first kappa shape index (κ1) is 14.0. The van der Waals surface area contributed by atoms with Crippen LogP contribution in [0.4, 0.5) is 0 Å². The molecule has 1 aromatic carbocycles. The van der Waals surface area contributed by atoms with Gasteiger partial charge in [-0.2, -0.15) is 4.31 Å². The Morgan fingerprint density at radius 1 is 1.15 bits per heavy atom. The van der Waals surface area contributed by atoms with Gasteiger partial charge in [0.25, 0.3) is 0 Å². The van der Waals surface area contributed by atoms with Gasteiger partial charge in [-0.15, -0.1) is 11.3 Å². The van der Waals surface area contributed by atoms with Crippen LogP contribution in [0, 0.1) is 0 Å². The minimum atomic E-state index is -3.67. The van der Waals surface area contributed by atoms with Gasteiger partial charge in [0.15, 0.2) is 0 Å². The smallest absolute Gasteiger partial charge is 0.228 e. The normalized spacial score (nSPS) is 18.2. The quantitative estimate of drug-likeness (QED) is 0.888. The van der Waals surface area contributed by atoms with Crippen LogP contribution in [0.15, 0.2) is 34.5 Å². The lowest BCUT2D eigenvalue weighted by Gasteiger charge is -2.36. The summed E-state index contributed by atoms with van der Waals surface area (Å²) in [6.45, 7) is -0.156. The van der Waals surface area contributed by atoms with E-state index < -0.39 is 25.3 Å². The van der Waals surface area contributed by atoms with Crippen LogP contribution >= 0.6 is 11.3 Å². The highest BCUT2D eigenvalue weighted by molar-refractivity contribution is 7.91. The molecular weight excluding hydrogens is 320 g/mol. The second-order valence-electron chi connectivity index (χ2n) is 4.63. The second-order valence-corrected chi connectivity index (χ2v) is 9.29. The Hall–Kier alpha value is -1.00. The molecule has 1 aliphatic heterocycles. The van der Waals surface area contributed by atoms with Crippen molar-refractivity contribution in [2.75, 3.05) is 13.1 Å². The molecule has 6 nitrogen and oxygen atoms in total. The van der Waals surface area contributed by atoms with Crippen LogP contribution in [0.3, 0.4) is 0 Å². The third-order valence-electron chi connectivity index (χ3n) is 3.34. The van der Waals surface area contributed by atoms with Crippen molar-refractivity contribution in [3.05, 3.63) is 29.6 Å². The van der Waals surface area contributed by atoms with Gasteiger partial charge in [0, 0.05) is 28.6 Å². The van der Waals surface area contributed by atoms with Crippen LogP contribution in [-0.2, 0) is 20.0 Å². The molecule has 0 bridgehead atoms. The zero-order chi connectivity index (χ0) is 14.5. The first-order valence-corrected chi connectivity index (χ1v) is 9.71. The molecule has 0 unspecified atom stereocenters. The number of hydrogen-bond acceptors (Lipinski definition) is 5. The van der Waals surface area contributed by atoms with E-state index in [4.69, 9.17) is 5.14 Å². The van der Waals surface area contributed by atoms with E-state index in [-0.39, 0.29) is 18.0 Å². The molecule has 0 radical (unpaired) electrons. The molecule has 0 aliphatic carbocycles. The van der Waals surface area contributed by atoms with Crippen molar-refractivity contribution in [3.63, 3.8) is 0 Å². The van der Waals surface area contributed by atoms with Crippen LogP contribution in [0.1, 0.15) is 0 Å². The summed E-state index contributed by atoms with van der Waals surface area (Å²) in [7, 11) is -7.33. The molecular formula is C11H12N2O4S3. The molecule has 0 atom stereocenters. The Labute approximate surface area is 120 Å². The van der Waals surface area contributed by atoms with Crippen LogP contribution in [0.5, 0.6) is 0 Å².